The van der Waals surface area contributed by atoms with Gasteiger partial charge in [0.05, 0.1) is 7.11 Å². The Morgan fingerprint density at radius 1 is 1.35 bits per heavy atom. The molecule has 1 aliphatic rings. The number of methoxy groups -OCH3 is 1. The number of thioether (sulfide) groups is 1. The van der Waals surface area contributed by atoms with Crippen LogP contribution in [0, 0.1) is 0 Å². The SMILES string of the molecule is COc1ccc([C@@H]2N=C(SC)NC(C)=C2C(C)=O)cc1. The Hall–Kier alpha value is -1.75. The molecular weight excluding hydrogens is 272 g/mol. The van der Waals surface area contributed by atoms with Gasteiger partial charge in [0.2, 0.25) is 0 Å². The number of ketones is 1. The Kier molecular flexibility index (Phi) is 4.49. The van der Waals surface area contributed by atoms with Gasteiger partial charge >= 0.3 is 0 Å². The smallest absolute Gasteiger partial charge is 0.161 e. The summed E-state index contributed by atoms with van der Waals surface area (Å²) in [6, 6.07) is 7.43. The van der Waals surface area contributed by atoms with Crippen molar-refractivity contribution >= 4 is 22.7 Å². The van der Waals surface area contributed by atoms with E-state index in [1.54, 1.807) is 14.0 Å². The number of nitrogens with one attached hydrogen (secondary N) is 1. The molecule has 0 saturated heterocycles. The van der Waals surface area contributed by atoms with E-state index in [-0.39, 0.29) is 11.8 Å². The van der Waals surface area contributed by atoms with Gasteiger partial charge in [0.15, 0.2) is 11.0 Å². The zero-order valence-electron chi connectivity index (χ0n) is 12.1. The Morgan fingerprint density at radius 2 is 2.00 bits per heavy atom. The van der Waals surface area contributed by atoms with E-state index in [1.807, 2.05) is 37.4 Å². The molecule has 0 unspecified atom stereocenters. The van der Waals surface area contributed by atoms with Gasteiger partial charge in [0.1, 0.15) is 11.8 Å². The first kappa shape index (κ1) is 14.7. The van der Waals surface area contributed by atoms with Crippen LogP contribution in [0.3, 0.4) is 0 Å². The van der Waals surface area contributed by atoms with Gasteiger partial charge in [-0.2, -0.15) is 0 Å². The number of carbonyl (C=O) groups excluding carboxylic acids is 1. The predicted molar refractivity (Wildman–Crippen MR) is 83.2 cm³/mol. The second-order valence-electron chi connectivity index (χ2n) is 4.53. The Labute approximate surface area is 123 Å². The highest BCUT2D eigenvalue weighted by atomic mass is 32.2. The summed E-state index contributed by atoms with van der Waals surface area (Å²) >= 11 is 1.54. The standard InChI is InChI=1S/C15H18N2O2S/c1-9-13(10(2)18)14(17-15(16-9)20-4)11-5-7-12(19-3)8-6-11/h5-8,14H,1-4H3,(H,16,17)/t14-/m0/s1. The molecule has 0 aliphatic carbocycles. The van der Waals surface area contributed by atoms with Crippen LogP contribution in [-0.4, -0.2) is 24.3 Å². The molecule has 2 rings (SSSR count). The molecule has 0 aromatic heterocycles. The minimum atomic E-state index is -0.248. The van der Waals surface area contributed by atoms with Crippen molar-refractivity contribution in [1.82, 2.24) is 5.32 Å². The van der Waals surface area contributed by atoms with Crippen molar-refractivity contribution in [2.75, 3.05) is 13.4 Å². The van der Waals surface area contributed by atoms with E-state index in [4.69, 9.17) is 4.74 Å². The summed E-state index contributed by atoms with van der Waals surface area (Å²) in [7, 11) is 1.63. The normalized spacial score (nSPS) is 18.4. The summed E-state index contributed by atoms with van der Waals surface area (Å²) in [5, 5.41) is 3.99. The average molecular weight is 290 g/mol. The van der Waals surface area contributed by atoms with Crippen LogP contribution in [0.25, 0.3) is 0 Å². The molecule has 0 amide bonds. The summed E-state index contributed by atoms with van der Waals surface area (Å²) in [4.78, 5) is 16.5. The number of aliphatic imine (C=N–C) groups is 1. The quantitative estimate of drug-likeness (QED) is 0.930. The predicted octanol–water partition coefficient (Wildman–Crippen LogP) is 2.92. The largest absolute Gasteiger partial charge is 0.497 e. The Bertz CT molecular complexity index is 576. The number of benzene rings is 1. The van der Waals surface area contributed by atoms with Crippen LogP contribution >= 0.6 is 11.8 Å². The van der Waals surface area contributed by atoms with Crippen molar-refractivity contribution in [2.24, 2.45) is 4.99 Å². The van der Waals surface area contributed by atoms with Crippen LogP contribution < -0.4 is 10.1 Å². The lowest BCUT2D eigenvalue weighted by Crippen LogP contribution is -2.28. The zero-order valence-corrected chi connectivity index (χ0v) is 12.9. The van der Waals surface area contributed by atoms with Gasteiger partial charge in [0, 0.05) is 11.3 Å². The van der Waals surface area contributed by atoms with E-state index in [0.717, 1.165) is 22.2 Å². The second kappa shape index (κ2) is 6.13. The van der Waals surface area contributed by atoms with Crippen molar-refractivity contribution in [3.8, 4) is 5.75 Å². The van der Waals surface area contributed by atoms with E-state index in [9.17, 15) is 4.79 Å². The zero-order chi connectivity index (χ0) is 14.7. The summed E-state index contributed by atoms with van der Waals surface area (Å²) in [6.07, 6.45) is 1.96. The lowest BCUT2D eigenvalue weighted by molar-refractivity contribution is -0.113. The van der Waals surface area contributed by atoms with E-state index in [1.165, 1.54) is 11.8 Å². The van der Waals surface area contributed by atoms with Gasteiger partial charge in [0.25, 0.3) is 0 Å². The fraction of sp³-hybridized carbons (Fsp3) is 0.333. The molecule has 0 radical (unpaired) electrons. The first-order valence-corrected chi connectivity index (χ1v) is 7.53. The molecule has 0 fully saturated rings. The molecule has 1 aromatic carbocycles. The molecule has 1 aliphatic heterocycles. The van der Waals surface area contributed by atoms with E-state index < -0.39 is 0 Å². The molecule has 1 N–H and O–H groups in total. The van der Waals surface area contributed by atoms with E-state index in [2.05, 4.69) is 10.3 Å². The van der Waals surface area contributed by atoms with Crippen molar-refractivity contribution in [2.45, 2.75) is 19.9 Å². The highest BCUT2D eigenvalue weighted by molar-refractivity contribution is 8.13. The second-order valence-corrected chi connectivity index (χ2v) is 5.33. The summed E-state index contributed by atoms with van der Waals surface area (Å²) in [6.45, 7) is 3.49. The molecule has 1 aromatic rings. The molecule has 1 heterocycles. The highest BCUT2D eigenvalue weighted by Gasteiger charge is 2.26. The minimum absolute atomic E-state index is 0.0414. The number of Topliss-reactive ketones (excluding diaryl/α,β-unsaturated/α-hetero) is 1. The maximum Gasteiger partial charge on any atom is 0.161 e. The third kappa shape index (κ3) is 2.88. The first-order valence-electron chi connectivity index (χ1n) is 6.31. The van der Waals surface area contributed by atoms with Crippen LogP contribution in [-0.2, 0) is 4.79 Å². The Balaban J connectivity index is 2.44. The topological polar surface area (TPSA) is 50.7 Å². The van der Waals surface area contributed by atoms with Crippen molar-refractivity contribution in [3.05, 3.63) is 41.1 Å². The lowest BCUT2D eigenvalue weighted by Gasteiger charge is -2.25. The lowest BCUT2D eigenvalue weighted by atomic mass is 9.94. The molecule has 1 atom stereocenters. The van der Waals surface area contributed by atoms with Gasteiger partial charge in [-0.1, -0.05) is 23.9 Å². The first-order chi connectivity index (χ1) is 9.56. The minimum Gasteiger partial charge on any atom is -0.497 e. The maximum atomic E-state index is 11.9. The molecule has 0 saturated carbocycles. The van der Waals surface area contributed by atoms with Gasteiger partial charge < -0.3 is 10.1 Å². The third-order valence-electron chi connectivity index (χ3n) is 3.22. The number of ether oxygens (including phenoxy) is 1. The number of hydrogen-bond donors (Lipinski definition) is 1. The average Bonchev–Trinajstić information content (AvgIpc) is 2.46. The number of hydrogen-bond acceptors (Lipinski definition) is 5. The van der Waals surface area contributed by atoms with Crippen LogP contribution in [0.4, 0.5) is 0 Å². The fourth-order valence-corrected chi connectivity index (χ4v) is 2.70. The molecule has 0 bridgehead atoms. The third-order valence-corrected chi connectivity index (χ3v) is 3.82. The number of nitrogens with zero attached hydrogens (tertiary/aromatic N) is 1. The summed E-state index contributed by atoms with van der Waals surface area (Å²) < 4.78 is 5.16. The van der Waals surface area contributed by atoms with Crippen LogP contribution in [0.15, 0.2) is 40.5 Å². The molecule has 5 heteroatoms. The molecular formula is C15H18N2O2S. The number of rotatable bonds is 3. The van der Waals surface area contributed by atoms with Gasteiger partial charge in [-0.15, -0.1) is 0 Å². The number of allylic oxidation sites excluding steroid dienone is 1. The number of amidine groups is 1. The van der Waals surface area contributed by atoms with E-state index in [0.29, 0.717) is 5.57 Å². The van der Waals surface area contributed by atoms with Crippen LogP contribution in [0.2, 0.25) is 0 Å². The molecule has 20 heavy (non-hydrogen) atoms. The van der Waals surface area contributed by atoms with Crippen LogP contribution in [0.1, 0.15) is 25.5 Å². The summed E-state index contributed by atoms with van der Waals surface area (Å²) in [5.74, 6) is 0.835. The van der Waals surface area contributed by atoms with Crippen molar-refractivity contribution in [3.63, 3.8) is 0 Å². The van der Waals surface area contributed by atoms with Gasteiger partial charge in [-0.25, -0.2) is 4.99 Å². The van der Waals surface area contributed by atoms with Crippen LogP contribution in [0.5, 0.6) is 5.75 Å². The Morgan fingerprint density at radius 3 is 2.50 bits per heavy atom. The van der Waals surface area contributed by atoms with Gasteiger partial charge in [-0.3, -0.25) is 4.79 Å². The van der Waals surface area contributed by atoms with Gasteiger partial charge in [-0.05, 0) is 37.8 Å². The van der Waals surface area contributed by atoms with Crippen molar-refractivity contribution in [1.29, 1.82) is 0 Å². The molecule has 0 spiro atoms. The number of carbonyl (C=O) groups is 1. The monoisotopic (exact) mass is 290 g/mol. The maximum absolute atomic E-state index is 11.9. The fourth-order valence-electron chi connectivity index (χ4n) is 2.23. The molecule has 4 nitrogen and oxygen atoms in total. The summed E-state index contributed by atoms with van der Waals surface area (Å²) in [5.41, 5.74) is 2.58. The van der Waals surface area contributed by atoms with E-state index >= 15 is 0 Å². The highest BCUT2D eigenvalue weighted by Crippen LogP contribution is 2.32. The molecule has 106 valence electrons. The van der Waals surface area contributed by atoms with Crippen molar-refractivity contribution < 1.29 is 9.53 Å².